The lowest BCUT2D eigenvalue weighted by molar-refractivity contribution is 0.329. The van der Waals surface area contributed by atoms with Crippen LogP contribution in [0.5, 0.6) is 0 Å². The third-order valence-corrected chi connectivity index (χ3v) is 4.26. The molecule has 3 rings (SSSR count). The van der Waals surface area contributed by atoms with Gasteiger partial charge in [-0.15, -0.1) is 0 Å². The molecule has 4 heteroatoms. The third kappa shape index (κ3) is 3.50. The van der Waals surface area contributed by atoms with Crippen molar-refractivity contribution in [1.82, 2.24) is 15.5 Å². The topological polar surface area (TPSA) is 51.0 Å². The van der Waals surface area contributed by atoms with Gasteiger partial charge in [0.2, 0.25) is 5.89 Å². The molecular formula is C17H23N3O. The van der Waals surface area contributed by atoms with Gasteiger partial charge in [0.1, 0.15) is 0 Å². The molecule has 0 aliphatic heterocycles. The van der Waals surface area contributed by atoms with Gasteiger partial charge in [0.25, 0.3) is 0 Å². The van der Waals surface area contributed by atoms with E-state index in [0.29, 0.717) is 12.0 Å². The summed E-state index contributed by atoms with van der Waals surface area (Å²) in [7, 11) is 0. The molecule has 1 heterocycles. The quantitative estimate of drug-likeness (QED) is 0.886. The molecule has 1 aromatic heterocycles. The zero-order valence-electron chi connectivity index (χ0n) is 12.6. The number of likely N-dealkylation sites (N-methyl/N-ethyl adjacent to an activating group) is 1. The largest absolute Gasteiger partial charge is 0.339 e. The van der Waals surface area contributed by atoms with E-state index in [1.807, 2.05) is 6.07 Å². The van der Waals surface area contributed by atoms with E-state index < -0.39 is 0 Å². The Labute approximate surface area is 126 Å². The normalized spacial score (nSPS) is 21.8. The minimum atomic E-state index is 0.392. The molecule has 0 radical (unpaired) electrons. The smallest absolute Gasteiger partial charge is 0.231 e. The Bertz CT molecular complexity index is 552. The van der Waals surface area contributed by atoms with Crippen molar-refractivity contribution in [2.75, 3.05) is 6.54 Å². The molecule has 1 saturated carbocycles. The molecule has 0 saturated heterocycles. The predicted octanol–water partition coefficient (Wildman–Crippen LogP) is 3.10. The molecule has 0 spiro atoms. The Morgan fingerprint density at radius 3 is 2.86 bits per heavy atom. The van der Waals surface area contributed by atoms with Gasteiger partial charge in [-0.05, 0) is 31.4 Å². The van der Waals surface area contributed by atoms with E-state index in [1.165, 1.54) is 18.4 Å². The minimum Gasteiger partial charge on any atom is -0.339 e. The van der Waals surface area contributed by atoms with Crippen LogP contribution in [0.25, 0.3) is 0 Å². The van der Waals surface area contributed by atoms with Crippen LogP contribution in [0.1, 0.15) is 49.4 Å². The fraction of sp³-hybridized carbons (Fsp3) is 0.529. The summed E-state index contributed by atoms with van der Waals surface area (Å²) < 4.78 is 5.51. The molecule has 2 unspecified atom stereocenters. The second-order valence-corrected chi connectivity index (χ2v) is 5.74. The van der Waals surface area contributed by atoms with Crippen molar-refractivity contribution in [3.63, 3.8) is 0 Å². The summed E-state index contributed by atoms with van der Waals surface area (Å²) in [4.78, 5) is 4.62. The molecule has 1 aliphatic carbocycles. The Balaban J connectivity index is 1.61. The van der Waals surface area contributed by atoms with Crippen molar-refractivity contribution in [3.05, 3.63) is 47.6 Å². The van der Waals surface area contributed by atoms with Gasteiger partial charge >= 0.3 is 0 Å². The van der Waals surface area contributed by atoms with E-state index in [-0.39, 0.29) is 0 Å². The van der Waals surface area contributed by atoms with Crippen molar-refractivity contribution in [2.45, 2.75) is 51.0 Å². The molecule has 2 atom stereocenters. The lowest BCUT2D eigenvalue weighted by Crippen LogP contribution is -2.31. The molecule has 1 aromatic carbocycles. The third-order valence-electron chi connectivity index (χ3n) is 4.26. The zero-order chi connectivity index (χ0) is 14.5. The number of nitrogens with zero attached hydrogens (tertiary/aromatic N) is 2. The Morgan fingerprint density at radius 1 is 1.19 bits per heavy atom. The molecule has 112 valence electrons. The minimum absolute atomic E-state index is 0.392. The van der Waals surface area contributed by atoms with Crippen LogP contribution in [0, 0.1) is 0 Å². The van der Waals surface area contributed by atoms with Crippen LogP contribution in [0.3, 0.4) is 0 Å². The summed E-state index contributed by atoms with van der Waals surface area (Å²) >= 11 is 0. The first-order chi connectivity index (χ1) is 10.4. The average Bonchev–Trinajstić information content (AvgIpc) is 3.15. The van der Waals surface area contributed by atoms with E-state index in [9.17, 15) is 0 Å². The second kappa shape index (κ2) is 6.85. The van der Waals surface area contributed by atoms with Crippen LogP contribution in [0.2, 0.25) is 0 Å². The fourth-order valence-electron chi connectivity index (χ4n) is 3.18. The maximum atomic E-state index is 5.51. The van der Waals surface area contributed by atoms with E-state index in [1.54, 1.807) is 0 Å². The predicted molar refractivity (Wildman–Crippen MR) is 82.2 cm³/mol. The maximum absolute atomic E-state index is 5.51. The summed E-state index contributed by atoms with van der Waals surface area (Å²) in [6, 6.07) is 10.9. The molecular weight excluding hydrogens is 262 g/mol. The molecule has 2 aromatic rings. The Morgan fingerprint density at radius 2 is 2.05 bits per heavy atom. The van der Waals surface area contributed by atoms with Gasteiger partial charge in [-0.3, -0.25) is 0 Å². The number of aryl methyl sites for hydroxylation is 2. The van der Waals surface area contributed by atoms with Crippen molar-refractivity contribution in [2.24, 2.45) is 0 Å². The molecule has 1 fully saturated rings. The van der Waals surface area contributed by atoms with Crippen LogP contribution in [-0.2, 0) is 12.8 Å². The maximum Gasteiger partial charge on any atom is 0.231 e. The van der Waals surface area contributed by atoms with Crippen LogP contribution < -0.4 is 5.32 Å². The molecule has 0 amide bonds. The lowest BCUT2D eigenvalue weighted by atomic mass is 10.0. The highest BCUT2D eigenvalue weighted by molar-refractivity contribution is 5.15. The molecule has 1 aliphatic rings. The van der Waals surface area contributed by atoms with Crippen molar-refractivity contribution in [1.29, 1.82) is 0 Å². The standard InChI is InChI=1S/C17H23N3O/c1-2-18-15-10-6-9-14(15)17-19-16(20-21-17)12-11-13-7-4-3-5-8-13/h3-5,7-8,14-15,18H,2,6,9-12H2,1H3. The number of nitrogens with one attached hydrogen (secondary N) is 1. The molecule has 21 heavy (non-hydrogen) atoms. The van der Waals surface area contributed by atoms with Crippen LogP contribution in [0.15, 0.2) is 34.9 Å². The van der Waals surface area contributed by atoms with E-state index in [0.717, 1.165) is 37.5 Å². The summed E-state index contributed by atoms with van der Waals surface area (Å²) in [5, 5.41) is 7.69. The number of rotatable bonds is 6. The van der Waals surface area contributed by atoms with E-state index >= 15 is 0 Å². The first-order valence-electron chi connectivity index (χ1n) is 7.96. The van der Waals surface area contributed by atoms with Crippen LogP contribution >= 0.6 is 0 Å². The molecule has 1 N–H and O–H groups in total. The first kappa shape index (κ1) is 14.3. The molecule has 4 nitrogen and oxygen atoms in total. The van der Waals surface area contributed by atoms with Gasteiger partial charge in [0.05, 0.1) is 5.92 Å². The van der Waals surface area contributed by atoms with Crippen LogP contribution in [0.4, 0.5) is 0 Å². The van der Waals surface area contributed by atoms with E-state index in [2.05, 4.69) is 46.6 Å². The van der Waals surface area contributed by atoms with Gasteiger partial charge in [0, 0.05) is 12.5 Å². The highest BCUT2D eigenvalue weighted by Gasteiger charge is 2.32. The highest BCUT2D eigenvalue weighted by atomic mass is 16.5. The number of hydrogen-bond acceptors (Lipinski definition) is 4. The monoisotopic (exact) mass is 285 g/mol. The van der Waals surface area contributed by atoms with Gasteiger partial charge < -0.3 is 9.84 Å². The van der Waals surface area contributed by atoms with Crippen LogP contribution in [-0.4, -0.2) is 22.7 Å². The van der Waals surface area contributed by atoms with E-state index in [4.69, 9.17) is 4.52 Å². The van der Waals surface area contributed by atoms with Gasteiger partial charge in [0.15, 0.2) is 5.82 Å². The van der Waals surface area contributed by atoms with Crippen molar-refractivity contribution >= 4 is 0 Å². The highest BCUT2D eigenvalue weighted by Crippen LogP contribution is 2.33. The summed E-state index contributed by atoms with van der Waals surface area (Å²) in [6.45, 7) is 3.14. The van der Waals surface area contributed by atoms with Crippen molar-refractivity contribution in [3.8, 4) is 0 Å². The zero-order valence-corrected chi connectivity index (χ0v) is 12.6. The number of aromatic nitrogens is 2. The molecule has 0 bridgehead atoms. The van der Waals surface area contributed by atoms with Gasteiger partial charge in [-0.1, -0.05) is 48.8 Å². The summed E-state index contributed by atoms with van der Waals surface area (Å²) in [5.41, 5.74) is 1.32. The van der Waals surface area contributed by atoms with Crippen molar-refractivity contribution < 1.29 is 4.52 Å². The lowest BCUT2D eigenvalue weighted by Gasteiger charge is -2.16. The average molecular weight is 285 g/mol. The summed E-state index contributed by atoms with van der Waals surface area (Å²) in [5.74, 6) is 2.04. The van der Waals surface area contributed by atoms with Gasteiger partial charge in [-0.25, -0.2) is 0 Å². The SMILES string of the molecule is CCNC1CCCC1c1nc(CCc2ccccc2)no1. The fourth-order valence-corrected chi connectivity index (χ4v) is 3.18. The first-order valence-corrected chi connectivity index (χ1v) is 7.96. The Hall–Kier alpha value is -1.68. The second-order valence-electron chi connectivity index (χ2n) is 5.74. The Kier molecular flexibility index (Phi) is 4.65. The summed E-state index contributed by atoms with van der Waals surface area (Å²) in [6.07, 6.45) is 5.40. The number of benzene rings is 1. The van der Waals surface area contributed by atoms with Gasteiger partial charge in [-0.2, -0.15) is 4.98 Å². The number of hydrogen-bond donors (Lipinski definition) is 1.